The predicted octanol–water partition coefficient (Wildman–Crippen LogP) is 5.60. The van der Waals surface area contributed by atoms with E-state index in [0.717, 1.165) is 73.9 Å². The smallest absolute Gasteiger partial charge is 0.324 e. The van der Waals surface area contributed by atoms with E-state index >= 15 is 0 Å². The summed E-state index contributed by atoms with van der Waals surface area (Å²) in [4.78, 5) is 35.0. The molecule has 2 fully saturated rings. The van der Waals surface area contributed by atoms with Gasteiger partial charge in [0.1, 0.15) is 6.54 Å². The lowest BCUT2D eigenvalue weighted by Crippen LogP contribution is -2.49. The van der Waals surface area contributed by atoms with Gasteiger partial charge in [-0.05, 0) is 55.6 Å². The number of nitrogens with zero attached hydrogens (tertiary/aromatic N) is 5. The van der Waals surface area contributed by atoms with Gasteiger partial charge < -0.3 is 28.7 Å². The summed E-state index contributed by atoms with van der Waals surface area (Å²) in [6.45, 7) is 10.2. The maximum Gasteiger partial charge on any atom is 0.324 e. The highest BCUT2D eigenvalue weighted by atomic mass is 16.5. The van der Waals surface area contributed by atoms with E-state index in [4.69, 9.17) is 9.47 Å². The molecule has 2 aliphatic heterocycles. The normalized spacial score (nSPS) is 17.6. The first-order valence-electron chi connectivity index (χ1n) is 15.9. The monoisotopic (exact) mass is 589 g/mol. The number of urea groups is 1. The van der Waals surface area contributed by atoms with Crippen LogP contribution in [0.5, 0.6) is 11.5 Å². The van der Waals surface area contributed by atoms with Gasteiger partial charge in [-0.25, -0.2) is 4.79 Å². The summed E-state index contributed by atoms with van der Waals surface area (Å²) in [5.74, 6) is 1.47. The molecular weight excluding hydrogens is 542 g/mol. The number of carbonyl (C=O) groups is 2. The summed E-state index contributed by atoms with van der Waals surface area (Å²) in [7, 11) is 3.57. The van der Waals surface area contributed by atoms with E-state index in [1.54, 1.807) is 7.11 Å². The molecule has 3 heterocycles. The van der Waals surface area contributed by atoms with Crippen LogP contribution in [0.1, 0.15) is 51.5 Å². The number of carbonyl (C=O) groups excluding carboxylic acids is 2. The number of aromatic nitrogens is 1. The minimum atomic E-state index is -0.0146. The van der Waals surface area contributed by atoms with Crippen LogP contribution >= 0.6 is 0 Å². The Balaban J connectivity index is 1.27. The summed E-state index contributed by atoms with van der Waals surface area (Å²) in [6, 6.07) is 14.2. The molecule has 1 aromatic heterocycles. The fourth-order valence-corrected chi connectivity index (χ4v) is 6.29. The van der Waals surface area contributed by atoms with Crippen molar-refractivity contribution < 1.29 is 19.1 Å². The van der Waals surface area contributed by atoms with E-state index in [0.29, 0.717) is 44.3 Å². The molecule has 9 nitrogen and oxygen atoms in total. The van der Waals surface area contributed by atoms with Gasteiger partial charge in [-0.3, -0.25) is 9.69 Å². The average molecular weight is 590 g/mol. The fraction of sp³-hybridized carbons (Fsp3) is 0.529. The Kier molecular flexibility index (Phi) is 10.1. The number of fused-ring (bicyclic) bond motifs is 1. The number of unbranched alkanes of at least 4 members (excludes halogenated alkanes) is 2. The van der Waals surface area contributed by atoms with Crippen LogP contribution in [0, 0.1) is 0 Å². The van der Waals surface area contributed by atoms with Crippen LogP contribution in [0.2, 0.25) is 0 Å². The molecular formula is C34H47N5O4. The number of ether oxygens (including phenoxy) is 2. The van der Waals surface area contributed by atoms with Gasteiger partial charge in [0.25, 0.3) is 0 Å². The number of benzene rings is 2. The molecule has 0 N–H and O–H groups in total. The van der Waals surface area contributed by atoms with Gasteiger partial charge in [-0.2, -0.15) is 0 Å². The van der Waals surface area contributed by atoms with E-state index in [1.807, 2.05) is 56.8 Å². The first kappa shape index (κ1) is 30.7. The molecule has 2 aliphatic rings. The van der Waals surface area contributed by atoms with Gasteiger partial charge in [-0.1, -0.05) is 38.8 Å². The van der Waals surface area contributed by atoms with Crippen molar-refractivity contribution in [3.63, 3.8) is 0 Å². The standard InChI is InChI=1S/C34H47N5O4/c1-5-7-8-21-43-32-22-27(13-14-31(32)42-4)39-18-10-17-38(34(39)41)23-26-11-9-12-30-29(26)16-20-37(30)25-33(40)35(3)28-15-19-36(6-2)24-28/h9,11-14,16,20,22,28H,5-8,10,15,17-19,21,23-25H2,1-4H3. The second-order valence-corrected chi connectivity index (χ2v) is 11.7. The first-order valence-corrected chi connectivity index (χ1v) is 15.9. The van der Waals surface area contributed by atoms with Crippen molar-refractivity contribution in [2.75, 3.05) is 58.4 Å². The van der Waals surface area contributed by atoms with Gasteiger partial charge in [-0.15, -0.1) is 0 Å². The SMILES string of the molecule is CCCCCOc1cc(N2CCCN(Cc3cccc4c3ccn4CC(=O)N(C)C3CCN(CC)C3)C2=O)ccc1OC. The lowest BCUT2D eigenvalue weighted by Gasteiger charge is -2.36. The van der Waals surface area contributed by atoms with Gasteiger partial charge in [0.15, 0.2) is 11.5 Å². The maximum absolute atomic E-state index is 13.7. The molecule has 1 unspecified atom stereocenters. The fourth-order valence-electron chi connectivity index (χ4n) is 6.29. The van der Waals surface area contributed by atoms with E-state index in [2.05, 4.69) is 36.9 Å². The number of hydrogen-bond acceptors (Lipinski definition) is 5. The minimum absolute atomic E-state index is 0.0146. The van der Waals surface area contributed by atoms with Gasteiger partial charge in [0.05, 0.1) is 13.7 Å². The zero-order valence-corrected chi connectivity index (χ0v) is 26.3. The average Bonchev–Trinajstić information content (AvgIpc) is 3.68. The molecule has 9 heteroatoms. The van der Waals surface area contributed by atoms with Crippen LogP contribution in [0.15, 0.2) is 48.7 Å². The van der Waals surface area contributed by atoms with Gasteiger partial charge in [0, 0.05) is 74.7 Å². The van der Waals surface area contributed by atoms with E-state index in [-0.39, 0.29) is 18.0 Å². The van der Waals surface area contributed by atoms with Gasteiger partial charge in [0.2, 0.25) is 5.91 Å². The Morgan fingerprint density at radius 1 is 1.05 bits per heavy atom. The maximum atomic E-state index is 13.7. The highest BCUT2D eigenvalue weighted by Gasteiger charge is 2.29. The molecule has 1 atom stereocenters. The van der Waals surface area contributed by atoms with Crippen molar-refractivity contribution >= 4 is 28.5 Å². The van der Waals surface area contributed by atoms with Gasteiger partial charge >= 0.3 is 6.03 Å². The van der Waals surface area contributed by atoms with Crippen LogP contribution in [-0.4, -0.2) is 90.7 Å². The summed E-state index contributed by atoms with van der Waals surface area (Å²) < 4.78 is 13.6. The van der Waals surface area contributed by atoms with Crippen LogP contribution < -0.4 is 14.4 Å². The van der Waals surface area contributed by atoms with Crippen molar-refractivity contribution in [1.29, 1.82) is 0 Å². The van der Waals surface area contributed by atoms with Crippen molar-refractivity contribution in [3.05, 3.63) is 54.2 Å². The van der Waals surface area contributed by atoms with Crippen LogP contribution in [0.3, 0.4) is 0 Å². The van der Waals surface area contributed by atoms with Crippen molar-refractivity contribution in [2.45, 2.75) is 65.1 Å². The molecule has 0 saturated carbocycles. The first-order chi connectivity index (χ1) is 20.9. The number of anilines is 1. The molecule has 43 heavy (non-hydrogen) atoms. The lowest BCUT2D eigenvalue weighted by molar-refractivity contribution is -0.132. The van der Waals surface area contributed by atoms with Crippen molar-refractivity contribution in [2.24, 2.45) is 0 Å². The number of methoxy groups -OCH3 is 1. The quantitative estimate of drug-likeness (QED) is 0.243. The molecule has 3 amide bonds. The molecule has 0 bridgehead atoms. The number of likely N-dealkylation sites (tertiary alicyclic amines) is 1. The van der Waals surface area contributed by atoms with Crippen LogP contribution in [-0.2, 0) is 17.9 Å². The molecule has 3 aromatic rings. The predicted molar refractivity (Wildman–Crippen MR) is 171 cm³/mol. The Bertz CT molecular complexity index is 1400. The number of likely N-dealkylation sites (N-methyl/N-ethyl adjacent to an activating group) is 2. The van der Waals surface area contributed by atoms with E-state index in [1.165, 1.54) is 0 Å². The number of amides is 3. The molecule has 0 spiro atoms. The van der Waals surface area contributed by atoms with Crippen LogP contribution in [0.4, 0.5) is 10.5 Å². The minimum Gasteiger partial charge on any atom is -0.493 e. The Morgan fingerprint density at radius 2 is 1.91 bits per heavy atom. The third kappa shape index (κ3) is 6.93. The highest BCUT2D eigenvalue weighted by molar-refractivity contribution is 5.93. The molecule has 0 aliphatic carbocycles. The summed E-state index contributed by atoms with van der Waals surface area (Å²) >= 11 is 0. The third-order valence-electron chi connectivity index (χ3n) is 8.98. The van der Waals surface area contributed by atoms with Crippen molar-refractivity contribution in [1.82, 2.24) is 19.3 Å². The van der Waals surface area contributed by atoms with E-state index in [9.17, 15) is 9.59 Å². The summed E-state index contributed by atoms with van der Waals surface area (Å²) in [5, 5.41) is 1.08. The molecule has 2 aromatic carbocycles. The largest absolute Gasteiger partial charge is 0.493 e. The molecule has 232 valence electrons. The number of rotatable bonds is 13. The number of hydrogen-bond donors (Lipinski definition) is 0. The Morgan fingerprint density at radius 3 is 2.67 bits per heavy atom. The third-order valence-corrected chi connectivity index (χ3v) is 8.98. The Hall–Kier alpha value is -3.72. The second kappa shape index (κ2) is 14.2. The van der Waals surface area contributed by atoms with Crippen molar-refractivity contribution in [3.8, 4) is 11.5 Å². The summed E-state index contributed by atoms with van der Waals surface area (Å²) in [5.41, 5.74) is 2.91. The highest BCUT2D eigenvalue weighted by Crippen LogP contribution is 2.34. The zero-order valence-electron chi connectivity index (χ0n) is 26.3. The zero-order chi connectivity index (χ0) is 30.3. The molecule has 2 saturated heterocycles. The van der Waals surface area contributed by atoms with Crippen LogP contribution in [0.25, 0.3) is 10.9 Å². The van der Waals surface area contributed by atoms with E-state index < -0.39 is 0 Å². The molecule has 5 rings (SSSR count). The topological polar surface area (TPSA) is 70.5 Å². The lowest BCUT2D eigenvalue weighted by atomic mass is 10.1. The molecule has 0 radical (unpaired) electrons. The Labute approximate surface area is 255 Å². The second-order valence-electron chi connectivity index (χ2n) is 11.7. The summed E-state index contributed by atoms with van der Waals surface area (Å²) in [6.07, 6.45) is 7.12.